The molecule has 1 fully saturated rings. The van der Waals surface area contributed by atoms with Gasteiger partial charge in [0.05, 0.1) is 7.11 Å². The summed E-state index contributed by atoms with van der Waals surface area (Å²) in [5.41, 5.74) is 6.04. The van der Waals surface area contributed by atoms with Crippen LogP contribution in [0.2, 0.25) is 0 Å². The molecule has 0 aromatic carbocycles. The van der Waals surface area contributed by atoms with Gasteiger partial charge in [0.25, 0.3) is 0 Å². The molecule has 0 spiro atoms. The minimum Gasteiger partial charge on any atom is -0.467 e. The van der Waals surface area contributed by atoms with Crippen LogP contribution in [-0.4, -0.2) is 40.6 Å². The van der Waals surface area contributed by atoms with E-state index < -0.39 is 0 Å². The zero-order chi connectivity index (χ0) is 13.1. The Kier molecular flexibility index (Phi) is 3.71. The Hall–Kier alpha value is -1.76. The number of aromatic nitrogens is 2. The second-order valence-electron chi connectivity index (χ2n) is 3.98. The number of hydrogen-bond donors (Lipinski definition) is 1. The minimum atomic E-state index is -0.323. The second-order valence-corrected chi connectivity index (χ2v) is 4.42. The van der Waals surface area contributed by atoms with Crippen LogP contribution < -0.4 is 10.6 Å². The average Bonchev–Trinajstić information content (AvgIpc) is 2.87. The van der Waals surface area contributed by atoms with Gasteiger partial charge in [-0.3, -0.25) is 0 Å². The molecule has 0 bridgehead atoms. The number of nitrogens with zero attached hydrogens (tertiary/aromatic N) is 3. The number of thiocarbonyl (C=S) groups is 1. The molecule has 0 radical (unpaired) electrons. The van der Waals surface area contributed by atoms with Crippen molar-refractivity contribution in [2.45, 2.75) is 18.9 Å². The largest absolute Gasteiger partial charge is 0.467 e. The SMILES string of the molecule is COC(=O)C1CCCN1c1nccc(C(N)=S)n1. The number of anilines is 1. The zero-order valence-corrected chi connectivity index (χ0v) is 10.8. The third-order valence-corrected chi connectivity index (χ3v) is 3.09. The Morgan fingerprint density at radius 1 is 1.67 bits per heavy atom. The van der Waals surface area contributed by atoms with Crippen LogP contribution in [0, 0.1) is 0 Å². The van der Waals surface area contributed by atoms with Gasteiger partial charge >= 0.3 is 5.97 Å². The number of hydrogen-bond acceptors (Lipinski definition) is 6. The summed E-state index contributed by atoms with van der Waals surface area (Å²) >= 11 is 4.88. The van der Waals surface area contributed by atoms with Gasteiger partial charge in [-0.1, -0.05) is 12.2 Å². The molecular formula is C11H14N4O2S. The fourth-order valence-corrected chi connectivity index (χ4v) is 2.12. The Morgan fingerprint density at radius 2 is 2.44 bits per heavy atom. The van der Waals surface area contributed by atoms with E-state index in [1.165, 1.54) is 7.11 Å². The van der Waals surface area contributed by atoms with E-state index in [2.05, 4.69) is 9.97 Å². The quantitative estimate of drug-likeness (QED) is 0.620. The fourth-order valence-electron chi connectivity index (χ4n) is 2.01. The molecule has 1 atom stereocenters. The van der Waals surface area contributed by atoms with Gasteiger partial charge in [0, 0.05) is 12.7 Å². The summed E-state index contributed by atoms with van der Waals surface area (Å²) in [4.78, 5) is 22.1. The van der Waals surface area contributed by atoms with Gasteiger partial charge < -0.3 is 15.4 Å². The van der Waals surface area contributed by atoms with Crippen LogP contribution in [-0.2, 0) is 9.53 Å². The van der Waals surface area contributed by atoms with Crippen LogP contribution in [0.25, 0.3) is 0 Å². The van der Waals surface area contributed by atoms with E-state index in [0.717, 1.165) is 19.4 Å². The lowest BCUT2D eigenvalue weighted by Crippen LogP contribution is -2.38. The molecule has 1 aromatic rings. The lowest BCUT2D eigenvalue weighted by Gasteiger charge is -2.22. The van der Waals surface area contributed by atoms with Crippen molar-refractivity contribution >= 4 is 29.1 Å². The van der Waals surface area contributed by atoms with Crippen LogP contribution in [0.3, 0.4) is 0 Å². The Labute approximate surface area is 110 Å². The van der Waals surface area contributed by atoms with Crippen LogP contribution >= 0.6 is 12.2 Å². The van der Waals surface area contributed by atoms with Crippen LogP contribution in [0.15, 0.2) is 12.3 Å². The molecule has 18 heavy (non-hydrogen) atoms. The fraction of sp³-hybridized carbons (Fsp3) is 0.455. The van der Waals surface area contributed by atoms with E-state index >= 15 is 0 Å². The predicted molar refractivity (Wildman–Crippen MR) is 70.3 cm³/mol. The molecule has 1 aliphatic heterocycles. The molecule has 7 heteroatoms. The zero-order valence-electron chi connectivity index (χ0n) is 10.00. The summed E-state index contributed by atoms with van der Waals surface area (Å²) in [6.07, 6.45) is 3.23. The third-order valence-electron chi connectivity index (χ3n) is 2.88. The molecule has 1 unspecified atom stereocenters. The molecule has 0 aliphatic carbocycles. The summed E-state index contributed by atoms with van der Waals surface area (Å²) in [6, 6.07) is 1.33. The van der Waals surface area contributed by atoms with Gasteiger partial charge in [-0.15, -0.1) is 0 Å². The summed E-state index contributed by atoms with van der Waals surface area (Å²) in [7, 11) is 1.38. The maximum Gasteiger partial charge on any atom is 0.328 e. The van der Waals surface area contributed by atoms with Gasteiger partial charge in [0.2, 0.25) is 5.95 Å². The van der Waals surface area contributed by atoms with E-state index in [0.29, 0.717) is 11.6 Å². The molecular weight excluding hydrogens is 252 g/mol. The topological polar surface area (TPSA) is 81.3 Å². The summed E-state index contributed by atoms with van der Waals surface area (Å²) in [6.45, 7) is 0.723. The Bertz CT molecular complexity index is 480. The van der Waals surface area contributed by atoms with E-state index in [1.54, 1.807) is 12.3 Å². The number of carbonyl (C=O) groups excluding carboxylic acids is 1. The highest BCUT2D eigenvalue weighted by atomic mass is 32.1. The summed E-state index contributed by atoms with van der Waals surface area (Å²) in [5, 5.41) is 0. The lowest BCUT2D eigenvalue weighted by molar-refractivity contribution is -0.141. The van der Waals surface area contributed by atoms with Crippen molar-refractivity contribution in [3.63, 3.8) is 0 Å². The molecule has 2 N–H and O–H groups in total. The van der Waals surface area contributed by atoms with Crippen LogP contribution in [0.5, 0.6) is 0 Å². The first-order valence-corrected chi connectivity index (χ1v) is 6.01. The van der Waals surface area contributed by atoms with Crippen LogP contribution in [0.4, 0.5) is 5.95 Å². The van der Waals surface area contributed by atoms with Gasteiger partial charge in [-0.25, -0.2) is 14.8 Å². The first kappa shape index (κ1) is 12.7. The van der Waals surface area contributed by atoms with E-state index in [4.69, 9.17) is 22.7 Å². The molecule has 1 aromatic heterocycles. The molecule has 2 heterocycles. The van der Waals surface area contributed by atoms with E-state index in [-0.39, 0.29) is 17.0 Å². The number of rotatable bonds is 3. The molecule has 0 amide bonds. The Balaban J connectivity index is 2.27. The standard InChI is InChI=1S/C11H14N4O2S/c1-17-10(16)8-3-2-6-15(8)11-13-5-4-7(14-11)9(12)18/h4-5,8H,2-3,6H2,1H3,(H2,12,18). The smallest absolute Gasteiger partial charge is 0.328 e. The highest BCUT2D eigenvalue weighted by Gasteiger charge is 2.33. The molecule has 6 nitrogen and oxygen atoms in total. The average molecular weight is 266 g/mol. The number of esters is 1. The number of methoxy groups -OCH3 is 1. The van der Waals surface area contributed by atoms with Crippen molar-refractivity contribution < 1.29 is 9.53 Å². The van der Waals surface area contributed by atoms with Gasteiger partial charge in [0.15, 0.2) is 0 Å². The summed E-state index contributed by atoms with van der Waals surface area (Å²) in [5.74, 6) is 0.199. The first-order chi connectivity index (χ1) is 8.63. The van der Waals surface area contributed by atoms with Crippen molar-refractivity contribution in [3.05, 3.63) is 18.0 Å². The van der Waals surface area contributed by atoms with E-state index in [1.807, 2.05) is 4.90 Å². The molecule has 2 rings (SSSR count). The first-order valence-electron chi connectivity index (χ1n) is 5.61. The number of carbonyl (C=O) groups is 1. The van der Waals surface area contributed by atoms with Crippen molar-refractivity contribution in [2.75, 3.05) is 18.6 Å². The van der Waals surface area contributed by atoms with Gasteiger partial charge in [-0.2, -0.15) is 0 Å². The normalized spacial score (nSPS) is 18.7. The molecule has 1 saturated heterocycles. The van der Waals surface area contributed by atoms with Crippen LogP contribution in [0.1, 0.15) is 18.5 Å². The number of ether oxygens (including phenoxy) is 1. The molecule has 1 aliphatic rings. The predicted octanol–water partition coefficient (Wildman–Crippen LogP) is 0.253. The minimum absolute atomic E-state index is 0.215. The molecule has 0 saturated carbocycles. The van der Waals surface area contributed by atoms with Crippen molar-refractivity contribution in [1.82, 2.24) is 9.97 Å². The third kappa shape index (κ3) is 2.40. The second kappa shape index (κ2) is 5.26. The molecule has 96 valence electrons. The summed E-state index contributed by atoms with van der Waals surface area (Å²) < 4.78 is 4.78. The van der Waals surface area contributed by atoms with E-state index in [9.17, 15) is 4.79 Å². The van der Waals surface area contributed by atoms with Crippen molar-refractivity contribution in [2.24, 2.45) is 5.73 Å². The monoisotopic (exact) mass is 266 g/mol. The van der Waals surface area contributed by atoms with Crippen molar-refractivity contribution in [3.8, 4) is 0 Å². The lowest BCUT2D eigenvalue weighted by atomic mass is 10.2. The Morgan fingerprint density at radius 3 is 3.11 bits per heavy atom. The maximum absolute atomic E-state index is 11.6. The maximum atomic E-state index is 11.6. The van der Waals surface area contributed by atoms with Gasteiger partial charge in [-0.05, 0) is 18.9 Å². The number of nitrogens with two attached hydrogens (primary N) is 1. The highest BCUT2D eigenvalue weighted by Crippen LogP contribution is 2.23. The van der Waals surface area contributed by atoms with Crippen molar-refractivity contribution in [1.29, 1.82) is 0 Å². The highest BCUT2D eigenvalue weighted by molar-refractivity contribution is 7.80. The van der Waals surface area contributed by atoms with Gasteiger partial charge in [0.1, 0.15) is 16.7 Å².